The van der Waals surface area contributed by atoms with Crippen molar-refractivity contribution >= 4 is 9.05 Å². The van der Waals surface area contributed by atoms with Crippen molar-refractivity contribution in [2.75, 3.05) is 13.2 Å². The van der Waals surface area contributed by atoms with Crippen LogP contribution < -0.4 is 0 Å². The van der Waals surface area contributed by atoms with Crippen LogP contribution in [0, 0.1) is 0 Å². The zero-order valence-electron chi connectivity index (χ0n) is 5.10. The fourth-order valence-electron chi connectivity index (χ4n) is 0. The predicted molar refractivity (Wildman–Crippen MR) is 32.4 cm³/mol. The van der Waals surface area contributed by atoms with E-state index in [1.54, 1.807) is 0 Å². The predicted octanol–water partition coefficient (Wildman–Crippen LogP) is -4.46. The Hall–Kier alpha value is -0.0631. The molecular formula is C2H12O7Si. The molecule has 0 aliphatic heterocycles. The van der Waals surface area contributed by atoms with Crippen molar-refractivity contribution in [3.8, 4) is 0 Å². The van der Waals surface area contributed by atoms with Crippen LogP contribution in [0.3, 0.4) is 0 Å². The molecule has 7 nitrogen and oxygen atoms in total. The maximum atomic E-state index is 7.62. The van der Waals surface area contributed by atoms with Gasteiger partial charge in [-0.15, -0.1) is 0 Å². The normalized spacial score (nSPS) is 9.00. The fourth-order valence-corrected chi connectivity index (χ4v) is 0. The molecule has 0 saturated carbocycles. The lowest BCUT2D eigenvalue weighted by Gasteiger charge is -1.91. The van der Waals surface area contributed by atoms with E-state index in [0.717, 1.165) is 0 Å². The standard InChI is InChI=1S/C2H6O2.H4O4Si.H2O/c3-1-2-4;1-5(2,3)4;/h3-4H,1-2H2;1-4H;1H2. The molecule has 8 heteroatoms. The molecule has 0 rings (SSSR count). The second-order valence-corrected chi connectivity index (χ2v) is 2.25. The fraction of sp³-hybridized carbons (Fsp3) is 1.00. The van der Waals surface area contributed by atoms with Crippen LogP contribution >= 0.6 is 0 Å². The summed E-state index contributed by atoms with van der Waals surface area (Å²) in [7, 11) is -4.61. The van der Waals surface area contributed by atoms with Gasteiger partial charge in [0.2, 0.25) is 0 Å². The molecule has 0 aromatic carbocycles. The number of aliphatic hydroxyl groups is 2. The summed E-state index contributed by atoms with van der Waals surface area (Å²) in [5.74, 6) is 0. The van der Waals surface area contributed by atoms with Crippen molar-refractivity contribution in [2.24, 2.45) is 0 Å². The summed E-state index contributed by atoms with van der Waals surface area (Å²) in [4.78, 5) is 29.3. The van der Waals surface area contributed by atoms with Gasteiger partial charge in [-0.05, 0) is 0 Å². The molecule has 0 saturated heterocycles. The summed E-state index contributed by atoms with van der Waals surface area (Å²) in [6.07, 6.45) is 0. The van der Waals surface area contributed by atoms with Crippen molar-refractivity contribution in [2.45, 2.75) is 0 Å². The van der Waals surface area contributed by atoms with E-state index in [2.05, 4.69) is 0 Å². The SMILES string of the molecule is O.OCCO.O[Si](O)(O)O. The number of hydrogen-bond acceptors (Lipinski definition) is 6. The zero-order chi connectivity index (χ0) is 7.91. The van der Waals surface area contributed by atoms with Gasteiger partial charge in [0.05, 0.1) is 13.2 Å². The summed E-state index contributed by atoms with van der Waals surface area (Å²) in [5.41, 5.74) is 0. The van der Waals surface area contributed by atoms with Gasteiger partial charge >= 0.3 is 9.05 Å². The second-order valence-electron chi connectivity index (χ2n) is 1.05. The number of rotatable bonds is 1. The first-order valence-corrected chi connectivity index (χ1v) is 3.82. The van der Waals surface area contributed by atoms with Gasteiger partial charge in [-0.2, -0.15) is 0 Å². The molecule has 10 heavy (non-hydrogen) atoms. The van der Waals surface area contributed by atoms with E-state index in [-0.39, 0.29) is 18.7 Å². The van der Waals surface area contributed by atoms with Crippen LogP contribution in [0.4, 0.5) is 0 Å². The molecule has 0 aromatic rings. The Balaban J connectivity index is -0.0000000910. The molecule has 0 atom stereocenters. The Bertz CT molecular complexity index is 42.1. The molecule has 0 fully saturated rings. The van der Waals surface area contributed by atoms with Crippen molar-refractivity contribution in [3.63, 3.8) is 0 Å². The summed E-state index contributed by atoms with van der Waals surface area (Å²) in [6.45, 7) is -0.250. The van der Waals surface area contributed by atoms with Crippen LogP contribution in [-0.2, 0) is 0 Å². The molecule has 0 bridgehead atoms. The third-order valence-electron chi connectivity index (χ3n) is 0.1000. The van der Waals surface area contributed by atoms with Gasteiger partial charge in [-0.25, -0.2) is 0 Å². The number of aliphatic hydroxyl groups excluding tert-OH is 2. The first-order chi connectivity index (χ1) is 3.91. The Morgan fingerprint density at radius 3 is 0.900 bits per heavy atom. The van der Waals surface area contributed by atoms with Crippen LogP contribution in [0.25, 0.3) is 0 Å². The Labute approximate surface area is 58.2 Å². The molecular weight excluding hydrogens is 164 g/mol. The van der Waals surface area contributed by atoms with Gasteiger partial charge in [-0.3, -0.25) is 0 Å². The topological polar surface area (TPSA) is 153 Å². The van der Waals surface area contributed by atoms with E-state index in [1.807, 2.05) is 0 Å². The maximum absolute atomic E-state index is 7.62. The van der Waals surface area contributed by atoms with Crippen LogP contribution in [0.2, 0.25) is 0 Å². The van der Waals surface area contributed by atoms with Crippen LogP contribution in [0.5, 0.6) is 0 Å². The molecule has 0 aliphatic rings. The van der Waals surface area contributed by atoms with Crippen LogP contribution in [-0.4, -0.2) is 57.1 Å². The Morgan fingerprint density at radius 1 is 0.800 bits per heavy atom. The highest BCUT2D eigenvalue weighted by atomic mass is 28.4. The minimum atomic E-state index is -4.61. The lowest BCUT2D eigenvalue weighted by atomic mass is 10.8. The van der Waals surface area contributed by atoms with Gasteiger partial charge in [0.25, 0.3) is 0 Å². The molecule has 0 spiro atoms. The zero-order valence-corrected chi connectivity index (χ0v) is 6.10. The number of hydrogen-bond donors (Lipinski definition) is 6. The maximum Gasteiger partial charge on any atom is 0.668 e. The quantitative estimate of drug-likeness (QED) is 0.221. The molecule has 66 valence electrons. The van der Waals surface area contributed by atoms with Gasteiger partial charge in [0, 0.05) is 0 Å². The lowest BCUT2D eigenvalue weighted by molar-refractivity contribution is 0.117. The molecule has 8 N–H and O–H groups in total. The minimum absolute atomic E-state index is 0. The van der Waals surface area contributed by atoms with Crippen LogP contribution in [0.15, 0.2) is 0 Å². The first kappa shape index (κ1) is 16.5. The van der Waals surface area contributed by atoms with E-state index >= 15 is 0 Å². The van der Waals surface area contributed by atoms with Gasteiger partial charge in [0.15, 0.2) is 0 Å². The highest BCUT2D eigenvalue weighted by Gasteiger charge is 2.22. The van der Waals surface area contributed by atoms with Gasteiger partial charge in [-0.1, -0.05) is 0 Å². The van der Waals surface area contributed by atoms with Crippen molar-refractivity contribution in [1.82, 2.24) is 0 Å². The molecule has 0 heterocycles. The third-order valence-corrected chi connectivity index (χ3v) is 0.1000. The van der Waals surface area contributed by atoms with Crippen molar-refractivity contribution in [1.29, 1.82) is 0 Å². The van der Waals surface area contributed by atoms with Crippen molar-refractivity contribution < 1.29 is 34.9 Å². The summed E-state index contributed by atoms with van der Waals surface area (Å²) < 4.78 is 0. The van der Waals surface area contributed by atoms with E-state index in [9.17, 15) is 0 Å². The van der Waals surface area contributed by atoms with Crippen molar-refractivity contribution in [3.05, 3.63) is 0 Å². The van der Waals surface area contributed by atoms with E-state index in [0.29, 0.717) is 0 Å². The van der Waals surface area contributed by atoms with Gasteiger partial charge in [0.1, 0.15) is 0 Å². The van der Waals surface area contributed by atoms with Gasteiger partial charge < -0.3 is 34.9 Å². The summed E-state index contributed by atoms with van der Waals surface area (Å²) in [6, 6.07) is 0. The molecule has 0 amide bonds. The Morgan fingerprint density at radius 2 is 0.900 bits per heavy atom. The smallest absolute Gasteiger partial charge is 0.412 e. The Kier molecular flexibility index (Phi) is 14.7. The largest absolute Gasteiger partial charge is 0.668 e. The molecule has 0 radical (unpaired) electrons. The average Bonchev–Trinajstić information content (AvgIpc) is 1.61. The highest BCUT2D eigenvalue weighted by Crippen LogP contribution is 1.67. The monoisotopic (exact) mass is 176 g/mol. The molecule has 0 unspecified atom stereocenters. The first-order valence-electron chi connectivity index (χ1n) is 2.03. The third kappa shape index (κ3) is 435. The average molecular weight is 176 g/mol. The summed E-state index contributed by atoms with van der Waals surface area (Å²) in [5, 5.41) is 15.2. The minimum Gasteiger partial charge on any atom is -0.412 e. The summed E-state index contributed by atoms with van der Waals surface area (Å²) >= 11 is 0. The molecule has 0 aliphatic carbocycles. The lowest BCUT2D eigenvalue weighted by Crippen LogP contribution is -2.33. The second kappa shape index (κ2) is 8.94. The van der Waals surface area contributed by atoms with E-state index < -0.39 is 9.05 Å². The molecule has 0 aromatic heterocycles. The van der Waals surface area contributed by atoms with Crippen LogP contribution in [0.1, 0.15) is 0 Å². The highest BCUT2D eigenvalue weighted by molar-refractivity contribution is 6.46. The van der Waals surface area contributed by atoms with E-state index in [1.165, 1.54) is 0 Å². The van der Waals surface area contributed by atoms with E-state index in [4.69, 9.17) is 29.4 Å².